The maximum Gasteiger partial charge on any atom is 0.204 e. The van der Waals surface area contributed by atoms with Gasteiger partial charge in [-0.15, -0.1) is 0 Å². The van der Waals surface area contributed by atoms with Crippen LogP contribution >= 0.6 is 0 Å². The largest absolute Gasteiger partial charge is 0.496 e. The Morgan fingerprint density at radius 3 is 2.30 bits per heavy atom. The van der Waals surface area contributed by atoms with E-state index in [9.17, 15) is 5.11 Å². The van der Waals surface area contributed by atoms with E-state index in [1.54, 1.807) is 39.7 Å². The van der Waals surface area contributed by atoms with Crippen LogP contribution < -0.4 is 23.8 Å². The summed E-state index contributed by atoms with van der Waals surface area (Å²) < 4.78 is 22.6. The molecule has 157 valence electrons. The van der Waals surface area contributed by atoms with Crippen molar-refractivity contribution in [2.45, 2.75) is 18.9 Å². The molecule has 3 aromatic rings. The third kappa shape index (κ3) is 3.75. The Balaban J connectivity index is 1.51. The number of rotatable bonds is 6. The first-order valence-electron chi connectivity index (χ1n) is 9.91. The molecule has 4 rings (SSSR count). The van der Waals surface area contributed by atoms with E-state index in [4.69, 9.17) is 18.9 Å². The Hall–Kier alpha value is -3.35. The summed E-state index contributed by atoms with van der Waals surface area (Å²) >= 11 is 0. The molecule has 1 fully saturated rings. The van der Waals surface area contributed by atoms with E-state index in [0.717, 1.165) is 37.1 Å². The third-order valence-electron chi connectivity index (χ3n) is 5.45. The SMILES string of the molecule is COc1cc(OC)c(OC2CCN(c3cccc4c([O])ccnc34)CC2)c(OC)c1. The van der Waals surface area contributed by atoms with Crippen LogP contribution in [0.15, 0.2) is 42.6 Å². The van der Waals surface area contributed by atoms with Crippen molar-refractivity contribution in [3.63, 3.8) is 0 Å². The maximum atomic E-state index is 12.1. The number of ether oxygens (including phenoxy) is 4. The smallest absolute Gasteiger partial charge is 0.204 e. The summed E-state index contributed by atoms with van der Waals surface area (Å²) in [5.74, 6) is 2.39. The van der Waals surface area contributed by atoms with Gasteiger partial charge in [0, 0.05) is 55.7 Å². The molecule has 0 atom stereocenters. The lowest BCUT2D eigenvalue weighted by molar-refractivity contribution is 0.158. The molecule has 1 radical (unpaired) electrons. The van der Waals surface area contributed by atoms with Gasteiger partial charge in [-0.2, -0.15) is 0 Å². The zero-order chi connectivity index (χ0) is 21.1. The first-order valence-corrected chi connectivity index (χ1v) is 9.91. The Morgan fingerprint density at radius 2 is 1.67 bits per heavy atom. The molecule has 2 heterocycles. The highest BCUT2D eigenvalue weighted by molar-refractivity contribution is 5.94. The Kier molecular flexibility index (Phi) is 5.70. The molecule has 0 unspecified atom stereocenters. The molecule has 1 aliphatic heterocycles. The molecule has 7 heteroatoms. The van der Waals surface area contributed by atoms with Crippen LogP contribution in [0.25, 0.3) is 10.9 Å². The Morgan fingerprint density at radius 1 is 0.967 bits per heavy atom. The number of hydrogen-bond donors (Lipinski definition) is 0. The monoisotopic (exact) mass is 409 g/mol. The number of fused-ring (bicyclic) bond motifs is 1. The molecule has 2 aromatic carbocycles. The van der Waals surface area contributed by atoms with E-state index in [1.807, 2.05) is 18.2 Å². The Labute approximate surface area is 175 Å². The number of nitrogens with zero attached hydrogens (tertiary/aromatic N) is 2. The summed E-state index contributed by atoms with van der Waals surface area (Å²) in [6.07, 6.45) is 3.25. The number of anilines is 1. The van der Waals surface area contributed by atoms with E-state index in [-0.39, 0.29) is 11.9 Å². The molecule has 0 amide bonds. The van der Waals surface area contributed by atoms with Gasteiger partial charge >= 0.3 is 0 Å². The lowest BCUT2D eigenvalue weighted by Crippen LogP contribution is -2.38. The van der Waals surface area contributed by atoms with Gasteiger partial charge in [-0.1, -0.05) is 6.07 Å². The van der Waals surface area contributed by atoms with Gasteiger partial charge in [-0.25, -0.2) is 0 Å². The first-order chi connectivity index (χ1) is 14.6. The normalized spacial score (nSPS) is 14.6. The fourth-order valence-electron chi connectivity index (χ4n) is 3.86. The number of methoxy groups -OCH3 is 3. The van der Waals surface area contributed by atoms with Gasteiger partial charge in [0.2, 0.25) is 5.75 Å². The number of hydrogen-bond acceptors (Lipinski definition) is 6. The second-order valence-corrected chi connectivity index (χ2v) is 7.15. The predicted molar refractivity (Wildman–Crippen MR) is 114 cm³/mol. The van der Waals surface area contributed by atoms with E-state index in [1.165, 1.54) is 6.07 Å². The summed E-state index contributed by atoms with van der Waals surface area (Å²) in [7, 11) is 4.80. The molecule has 0 bridgehead atoms. The number of para-hydroxylation sites is 1. The average molecular weight is 409 g/mol. The van der Waals surface area contributed by atoms with Crippen LogP contribution in [0.2, 0.25) is 0 Å². The summed E-state index contributed by atoms with van der Waals surface area (Å²) in [4.78, 5) is 6.71. The number of benzene rings is 2. The first kappa shape index (κ1) is 19.9. The van der Waals surface area contributed by atoms with Crippen LogP contribution in [-0.2, 0) is 5.11 Å². The van der Waals surface area contributed by atoms with E-state index >= 15 is 0 Å². The van der Waals surface area contributed by atoms with Crippen LogP contribution in [0.1, 0.15) is 12.8 Å². The summed E-state index contributed by atoms with van der Waals surface area (Å²) in [6.45, 7) is 1.60. The predicted octanol–water partition coefficient (Wildman–Crippen LogP) is 4.45. The highest BCUT2D eigenvalue weighted by Gasteiger charge is 2.25. The van der Waals surface area contributed by atoms with Gasteiger partial charge in [0.25, 0.3) is 0 Å². The van der Waals surface area contributed by atoms with Crippen LogP contribution in [0.5, 0.6) is 28.7 Å². The molecule has 1 saturated heterocycles. The maximum absolute atomic E-state index is 12.1. The van der Waals surface area contributed by atoms with Crippen molar-refractivity contribution >= 4 is 16.6 Å². The molecule has 7 nitrogen and oxygen atoms in total. The van der Waals surface area contributed by atoms with Crippen molar-refractivity contribution in [1.29, 1.82) is 0 Å². The van der Waals surface area contributed by atoms with Crippen LogP contribution in [0, 0.1) is 0 Å². The van der Waals surface area contributed by atoms with Crippen molar-refractivity contribution in [3.8, 4) is 28.7 Å². The van der Waals surface area contributed by atoms with Crippen molar-refractivity contribution < 1.29 is 24.1 Å². The minimum absolute atomic E-state index is 0.00114. The van der Waals surface area contributed by atoms with Gasteiger partial charge in [0.15, 0.2) is 17.2 Å². The van der Waals surface area contributed by atoms with Gasteiger partial charge < -0.3 is 23.8 Å². The van der Waals surface area contributed by atoms with Crippen molar-refractivity contribution in [2.75, 3.05) is 39.3 Å². The van der Waals surface area contributed by atoms with E-state index in [0.29, 0.717) is 28.4 Å². The molecular weight excluding hydrogens is 384 g/mol. The summed E-state index contributed by atoms with van der Waals surface area (Å²) in [5.41, 5.74) is 1.74. The van der Waals surface area contributed by atoms with Crippen LogP contribution in [0.4, 0.5) is 5.69 Å². The molecule has 0 N–H and O–H groups in total. The lowest BCUT2D eigenvalue weighted by Gasteiger charge is -2.34. The minimum Gasteiger partial charge on any atom is -0.496 e. The standard InChI is InChI=1S/C23H25N2O5/c1-27-16-13-20(28-2)23(21(14-16)29-3)30-15-8-11-25(12-9-15)18-6-4-5-17-19(26)7-10-24-22(17)18/h4-7,10,13-15H,8-9,11-12H2,1-3H3. The second kappa shape index (κ2) is 8.57. The molecule has 0 aliphatic carbocycles. The average Bonchev–Trinajstić information content (AvgIpc) is 2.79. The highest BCUT2D eigenvalue weighted by Crippen LogP contribution is 2.42. The molecule has 0 saturated carbocycles. The fourth-order valence-corrected chi connectivity index (χ4v) is 3.86. The Bertz CT molecular complexity index is 1010. The fraction of sp³-hybridized carbons (Fsp3) is 0.348. The highest BCUT2D eigenvalue weighted by atomic mass is 16.5. The van der Waals surface area contributed by atoms with Gasteiger partial charge in [-0.05, 0) is 12.1 Å². The number of piperidine rings is 1. The molecular formula is C23H25N2O5. The lowest BCUT2D eigenvalue weighted by atomic mass is 10.1. The quantitative estimate of drug-likeness (QED) is 0.599. The van der Waals surface area contributed by atoms with Crippen molar-refractivity contribution in [1.82, 2.24) is 4.98 Å². The zero-order valence-electron chi connectivity index (χ0n) is 17.4. The van der Waals surface area contributed by atoms with Gasteiger partial charge in [0.1, 0.15) is 11.9 Å². The van der Waals surface area contributed by atoms with E-state index in [2.05, 4.69) is 9.88 Å². The van der Waals surface area contributed by atoms with Gasteiger partial charge in [0.05, 0.1) is 32.5 Å². The van der Waals surface area contributed by atoms with Crippen molar-refractivity contribution in [2.24, 2.45) is 0 Å². The third-order valence-corrected chi connectivity index (χ3v) is 5.45. The van der Waals surface area contributed by atoms with Crippen LogP contribution in [-0.4, -0.2) is 45.5 Å². The zero-order valence-corrected chi connectivity index (χ0v) is 17.4. The number of aromatic nitrogens is 1. The topological polar surface area (TPSA) is 73.0 Å². The van der Waals surface area contributed by atoms with Gasteiger partial charge in [-0.3, -0.25) is 10.1 Å². The van der Waals surface area contributed by atoms with Crippen LogP contribution in [0.3, 0.4) is 0 Å². The molecule has 30 heavy (non-hydrogen) atoms. The second-order valence-electron chi connectivity index (χ2n) is 7.15. The summed E-state index contributed by atoms with van der Waals surface area (Å²) in [6, 6.07) is 10.8. The van der Waals surface area contributed by atoms with Crippen molar-refractivity contribution in [3.05, 3.63) is 42.6 Å². The molecule has 1 aromatic heterocycles. The molecule has 0 spiro atoms. The minimum atomic E-state index is -0.00114. The number of pyridine rings is 1. The summed E-state index contributed by atoms with van der Waals surface area (Å²) in [5, 5.41) is 12.8. The molecule has 1 aliphatic rings. The van der Waals surface area contributed by atoms with E-state index < -0.39 is 0 Å².